The van der Waals surface area contributed by atoms with E-state index in [-0.39, 0.29) is 0 Å². The van der Waals surface area contributed by atoms with Crippen LogP contribution in [0.2, 0.25) is 0 Å². The Bertz CT molecular complexity index is 540. The third-order valence-corrected chi connectivity index (χ3v) is 3.72. The maximum absolute atomic E-state index is 4.32. The molecule has 100 valence electrons. The first-order valence-corrected chi connectivity index (χ1v) is 7.14. The fourth-order valence-electron chi connectivity index (χ4n) is 2.53. The zero-order chi connectivity index (χ0) is 13.1. The molecule has 19 heavy (non-hydrogen) atoms. The van der Waals surface area contributed by atoms with Gasteiger partial charge in [0.2, 0.25) is 0 Å². The third kappa shape index (κ3) is 2.87. The van der Waals surface area contributed by atoms with Crippen LogP contribution in [-0.2, 0) is 6.42 Å². The lowest BCUT2D eigenvalue weighted by molar-refractivity contribution is 0.724. The van der Waals surface area contributed by atoms with E-state index in [4.69, 9.17) is 0 Å². The largest absolute Gasteiger partial charge is 0.328 e. The summed E-state index contributed by atoms with van der Waals surface area (Å²) in [5.74, 6) is 0. The molecule has 0 spiro atoms. The second-order valence-corrected chi connectivity index (χ2v) is 5.32. The fourth-order valence-corrected chi connectivity index (χ4v) is 2.53. The van der Waals surface area contributed by atoms with E-state index in [0.717, 1.165) is 13.0 Å². The van der Waals surface area contributed by atoms with Crippen LogP contribution in [0.1, 0.15) is 30.9 Å². The van der Waals surface area contributed by atoms with Crippen molar-refractivity contribution < 1.29 is 0 Å². The summed E-state index contributed by atoms with van der Waals surface area (Å²) in [4.78, 5) is 4.32. The van der Waals surface area contributed by atoms with Crippen LogP contribution in [0.5, 0.6) is 0 Å². The summed E-state index contributed by atoms with van der Waals surface area (Å²) >= 11 is 0. The van der Waals surface area contributed by atoms with Gasteiger partial charge in [-0.3, -0.25) is 0 Å². The van der Waals surface area contributed by atoms with Gasteiger partial charge in [0.05, 0.1) is 18.2 Å². The molecule has 3 rings (SSSR count). The van der Waals surface area contributed by atoms with Gasteiger partial charge in [-0.25, -0.2) is 4.98 Å². The summed E-state index contributed by atoms with van der Waals surface area (Å²) in [5, 5.41) is 3.20. The zero-order valence-electron chi connectivity index (χ0n) is 11.5. The van der Waals surface area contributed by atoms with Crippen molar-refractivity contribution in [2.45, 2.75) is 31.7 Å². The molecular weight excluding hydrogens is 234 g/mol. The van der Waals surface area contributed by atoms with Crippen molar-refractivity contribution in [1.82, 2.24) is 14.9 Å². The summed E-state index contributed by atoms with van der Waals surface area (Å²) in [6, 6.07) is 9.57. The number of aryl methyl sites for hydroxylation is 1. The highest BCUT2D eigenvalue weighted by atomic mass is 15.1. The van der Waals surface area contributed by atoms with Gasteiger partial charge in [-0.2, -0.15) is 0 Å². The average molecular weight is 255 g/mol. The van der Waals surface area contributed by atoms with E-state index in [1.54, 1.807) is 0 Å². The molecule has 1 aliphatic rings. The van der Waals surface area contributed by atoms with Crippen LogP contribution in [0.15, 0.2) is 36.8 Å². The minimum atomic E-state index is 0.686. The summed E-state index contributed by atoms with van der Waals surface area (Å²) in [5.41, 5.74) is 3.97. The van der Waals surface area contributed by atoms with Crippen LogP contribution in [0.3, 0.4) is 0 Å². The summed E-state index contributed by atoms with van der Waals surface area (Å²) in [6.07, 6.45) is 8.87. The Morgan fingerprint density at radius 3 is 3.05 bits per heavy atom. The number of hydrogen-bond acceptors (Lipinski definition) is 2. The number of imidazole rings is 1. The highest BCUT2D eigenvalue weighted by Gasteiger charge is 2.25. The van der Waals surface area contributed by atoms with E-state index < -0.39 is 0 Å². The standard InChI is InChI=1S/C16H21N3/c1-17-9-3-5-13-4-2-6-14(10-13)16-11-18-12-19(16)15-7-8-15/h2,4,6,10-12,15,17H,3,5,7-9H2,1H3. The first-order valence-electron chi connectivity index (χ1n) is 7.14. The van der Waals surface area contributed by atoms with Gasteiger partial charge < -0.3 is 9.88 Å². The summed E-state index contributed by atoms with van der Waals surface area (Å²) in [6.45, 7) is 1.07. The van der Waals surface area contributed by atoms with Crippen LogP contribution in [-0.4, -0.2) is 23.1 Å². The number of rotatable bonds is 6. The van der Waals surface area contributed by atoms with E-state index in [1.807, 2.05) is 19.6 Å². The molecule has 0 atom stereocenters. The van der Waals surface area contributed by atoms with Gasteiger partial charge >= 0.3 is 0 Å². The highest BCUT2D eigenvalue weighted by molar-refractivity contribution is 5.60. The number of benzene rings is 1. The van der Waals surface area contributed by atoms with E-state index in [1.165, 1.54) is 36.1 Å². The Morgan fingerprint density at radius 2 is 2.26 bits per heavy atom. The molecule has 1 heterocycles. The maximum atomic E-state index is 4.32. The van der Waals surface area contributed by atoms with Gasteiger partial charge in [0.1, 0.15) is 0 Å². The van der Waals surface area contributed by atoms with Gasteiger partial charge in [-0.15, -0.1) is 0 Å². The van der Waals surface area contributed by atoms with Gasteiger partial charge in [0.15, 0.2) is 0 Å². The molecule has 0 unspecified atom stereocenters. The monoisotopic (exact) mass is 255 g/mol. The molecule has 0 aliphatic heterocycles. The van der Waals surface area contributed by atoms with Crippen molar-refractivity contribution in [3.8, 4) is 11.3 Å². The van der Waals surface area contributed by atoms with E-state index in [9.17, 15) is 0 Å². The van der Waals surface area contributed by atoms with Crippen LogP contribution in [0.4, 0.5) is 0 Å². The number of hydrogen-bond donors (Lipinski definition) is 1. The minimum absolute atomic E-state index is 0.686. The van der Waals surface area contributed by atoms with Crippen molar-refractivity contribution in [2.75, 3.05) is 13.6 Å². The molecule has 0 radical (unpaired) electrons. The minimum Gasteiger partial charge on any atom is -0.328 e. The third-order valence-electron chi connectivity index (χ3n) is 3.72. The predicted octanol–water partition coefficient (Wildman–Crippen LogP) is 3.04. The van der Waals surface area contributed by atoms with Crippen LogP contribution >= 0.6 is 0 Å². The Labute approximate surface area is 114 Å². The van der Waals surface area contributed by atoms with Gasteiger partial charge in [0.25, 0.3) is 0 Å². The SMILES string of the molecule is CNCCCc1cccc(-c2cncn2C2CC2)c1. The van der Waals surface area contributed by atoms with Gasteiger partial charge in [-0.1, -0.05) is 18.2 Å². The molecule has 0 bridgehead atoms. The van der Waals surface area contributed by atoms with E-state index in [0.29, 0.717) is 6.04 Å². The molecule has 2 aromatic rings. The summed E-state index contributed by atoms with van der Waals surface area (Å²) in [7, 11) is 2.00. The normalized spacial score (nSPS) is 14.8. The lowest BCUT2D eigenvalue weighted by atomic mass is 10.0. The number of aromatic nitrogens is 2. The van der Waals surface area contributed by atoms with E-state index >= 15 is 0 Å². The van der Waals surface area contributed by atoms with Gasteiger partial charge in [-0.05, 0) is 50.9 Å². The second kappa shape index (κ2) is 5.57. The summed E-state index contributed by atoms with van der Waals surface area (Å²) < 4.78 is 2.33. The number of nitrogens with one attached hydrogen (secondary N) is 1. The van der Waals surface area contributed by atoms with Crippen LogP contribution in [0, 0.1) is 0 Å². The average Bonchev–Trinajstić information content (AvgIpc) is 3.17. The molecule has 1 saturated carbocycles. The number of nitrogens with zero attached hydrogens (tertiary/aromatic N) is 2. The van der Waals surface area contributed by atoms with Gasteiger partial charge in [0, 0.05) is 11.6 Å². The lowest BCUT2D eigenvalue weighted by Gasteiger charge is -2.08. The van der Waals surface area contributed by atoms with Crippen molar-refractivity contribution in [1.29, 1.82) is 0 Å². The van der Waals surface area contributed by atoms with Crippen molar-refractivity contribution >= 4 is 0 Å². The highest BCUT2D eigenvalue weighted by Crippen LogP contribution is 2.38. The topological polar surface area (TPSA) is 29.9 Å². The Morgan fingerprint density at radius 1 is 1.37 bits per heavy atom. The Balaban J connectivity index is 1.80. The van der Waals surface area contributed by atoms with Crippen molar-refractivity contribution in [3.05, 3.63) is 42.4 Å². The Hall–Kier alpha value is -1.61. The maximum Gasteiger partial charge on any atom is 0.0953 e. The van der Waals surface area contributed by atoms with Crippen molar-refractivity contribution in [2.24, 2.45) is 0 Å². The van der Waals surface area contributed by atoms with Crippen molar-refractivity contribution in [3.63, 3.8) is 0 Å². The Kier molecular flexibility index (Phi) is 3.65. The molecule has 0 amide bonds. The molecule has 1 aliphatic carbocycles. The van der Waals surface area contributed by atoms with Crippen LogP contribution in [0.25, 0.3) is 11.3 Å². The van der Waals surface area contributed by atoms with Crippen LogP contribution < -0.4 is 5.32 Å². The molecule has 1 aromatic heterocycles. The zero-order valence-corrected chi connectivity index (χ0v) is 11.5. The fraction of sp³-hybridized carbons (Fsp3) is 0.438. The molecule has 1 aromatic carbocycles. The van der Waals surface area contributed by atoms with E-state index in [2.05, 4.69) is 39.1 Å². The first kappa shape index (κ1) is 12.4. The molecule has 3 heteroatoms. The molecule has 1 fully saturated rings. The second-order valence-electron chi connectivity index (χ2n) is 5.32. The predicted molar refractivity (Wildman–Crippen MR) is 78.2 cm³/mol. The quantitative estimate of drug-likeness (QED) is 0.804. The smallest absolute Gasteiger partial charge is 0.0953 e. The molecular formula is C16H21N3. The first-order chi connectivity index (χ1) is 9.38. The molecule has 0 saturated heterocycles. The molecule has 1 N–H and O–H groups in total. The molecule has 3 nitrogen and oxygen atoms in total. The lowest BCUT2D eigenvalue weighted by Crippen LogP contribution is -2.08.